The van der Waals surface area contributed by atoms with Gasteiger partial charge in [0.15, 0.2) is 5.01 Å². The first-order valence-corrected chi connectivity index (χ1v) is 8.56. The van der Waals surface area contributed by atoms with E-state index in [1.54, 1.807) is 17.6 Å². The van der Waals surface area contributed by atoms with Crippen LogP contribution in [0.5, 0.6) is 0 Å². The van der Waals surface area contributed by atoms with Gasteiger partial charge in [0, 0.05) is 18.7 Å². The summed E-state index contributed by atoms with van der Waals surface area (Å²) >= 11 is 1.62. The molecule has 2 aromatic rings. The molecular weight excluding hydrogens is 284 g/mol. The van der Waals surface area contributed by atoms with Gasteiger partial charge in [-0.2, -0.15) is 0 Å². The Bertz CT molecular complexity index is 552. The predicted octanol–water partition coefficient (Wildman–Crippen LogP) is 3.99. The summed E-state index contributed by atoms with van der Waals surface area (Å²) in [5.74, 6) is 0.758. The monoisotopic (exact) mass is 306 g/mol. The Balaban J connectivity index is 1.74. The van der Waals surface area contributed by atoms with Crippen LogP contribution in [0, 0.1) is 5.92 Å². The predicted molar refractivity (Wildman–Crippen MR) is 84.5 cm³/mol. The minimum absolute atomic E-state index is 0.610. The minimum Gasteiger partial charge on any atom is -0.364 e. The molecule has 0 aromatic carbocycles. The lowest BCUT2D eigenvalue weighted by atomic mass is 9.95. The summed E-state index contributed by atoms with van der Waals surface area (Å²) in [7, 11) is 0. The molecule has 114 valence electrons. The summed E-state index contributed by atoms with van der Waals surface area (Å²) in [5, 5.41) is 14.5. The number of nitrogens with zero attached hydrogens (tertiary/aromatic N) is 4. The molecule has 0 radical (unpaired) electrons. The van der Waals surface area contributed by atoms with Gasteiger partial charge < -0.3 is 9.42 Å². The van der Waals surface area contributed by atoms with Gasteiger partial charge in [0.25, 0.3) is 0 Å². The maximum absolute atomic E-state index is 4.88. The highest BCUT2D eigenvalue weighted by Crippen LogP contribution is 2.33. The Kier molecular flexibility index (Phi) is 4.53. The Morgan fingerprint density at radius 1 is 1.38 bits per heavy atom. The molecule has 3 rings (SSSR count). The van der Waals surface area contributed by atoms with Crippen LogP contribution >= 0.6 is 11.3 Å². The molecule has 1 unspecified atom stereocenters. The van der Waals surface area contributed by atoms with Crippen molar-refractivity contribution in [1.29, 1.82) is 0 Å². The molecule has 1 fully saturated rings. The highest BCUT2D eigenvalue weighted by molar-refractivity contribution is 7.18. The first-order valence-electron chi connectivity index (χ1n) is 7.75. The molecule has 3 heterocycles. The number of aromatic nitrogens is 3. The van der Waals surface area contributed by atoms with E-state index in [0.717, 1.165) is 28.3 Å². The van der Waals surface area contributed by atoms with Crippen molar-refractivity contribution in [1.82, 2.24) is 15.4 Å². The topological polar surface area (TPSA) is 55.1 Å². The Morgan fingerprint density at radius 2 is 2.29 bits per heavy atom. The zero-order chi connectivity index (χ0) is 14.7. The average molecular weight is 306 g/mol. The van der Waals surface area contributed by atoms with Crippen molar-refractivity contribution < 1.29 is 4.52 Å². The van der Waals surface area contributed by atoms with Crippen LogP contribution in [-0.4, -0.2) is 27.9 Å². The number of hydrogen-bond donors (Lipinski definition) is 0. The SMILES string of the molecule is CC(C)CCC1CCCCN1c1nnc(-c2ccon2)s1. The van der Waals surface area contributed by atoms with Crippen LogP contribution < -0.4 is 4.90 Å². The molecule has 1 aliphatic rings. The summed E-state index contributed by atoms with van der Waals surface area (Å²) < 4.78 is 4.88. The molecule has 0 bridgehead atoms. The second kappa shape index (κ2) is 6.56. The first-order chi connectivity index (χ1) is 10.2. The van der Waals surface area contributed by atoms with Gasteiger partial charge in [-0.25, -0.2) is 0 Å². The lowest BCUT2D eigenvalue weighted by Crippen LogP contribution is -2.39. The Hall–Kier alpha value is -1.43. The summed E-state index contributed by atoms with van der Waals surface area (Å²) in [6, 6.07) is 2.44. The maximum atomic E-state index is 4.88. The summed E-state index contributed by atoms with van der Waals surface area (Å²) in [5.41, 5.74) is 0.773. The van der Waals surface area contributed by atoms with E-state index in [4.69, 9.17) is 4.52 Å². The van der Waals surface area contributed by atoms with Gasteiger partial charge in [0.05, 0.1) is 0 Å². The molecule has 1 saturated heterocycles. The zero-order valence-electron chi connectivity index (χ0n) is 12.7. The number of anilines is 1. The van der Waals surface area contributed by atoms with Crippen molar-refractivity contribution in [3.8, 4) is 10.7 Å². The van der Waals surface area contributed by atoms with Gasteiger partial charge in [0.2, 0.25) is 5.13 Å². The largest absolute Gasteiger partial charge is 0.364 e. The quantitative estimate of drug-likeness (QED) is 0.836. The minimum atomic E-state index is 0.610. The highest BCUT2D eigenvalue weighted by Gasteiger charge is 2.25. The molecule has 0 spiro atoms. The Morgan fingerprint density at radius 3 is 3.05 bits per heavy atom. The van der Waals surface area contributed by atoms with E-state index >= 15 is 0 Å². The number of rotatable bonds is 5. The van der Waals surface area contributed by atoms with Crippen molar-refractivity contribution in [2.75, 3.05) is 11.4 Å². The van der Waals surface area contributed by atoms with Crippen LogP contribution in [0.15, 0.2) is 16.9 Å². The van der Waals surface area contributed by atoms with E-state index in [1.165, 1.54) is 32.1 Å². The van der Waals surface area contributed by atoms with E-state index < -0.39 is 0 Å². The third kappa shape index (κ3) is 3.43. The molecule has 21 heavy (non-hydrogen) atoms. The summed E-state index contributed by atoms with van der Waals surface area (Å²) in [6.45, 7) is 5.68. The average Bonchev–Trinajstić information content (AvgIpc) is 3.16. The van der Waals surface area contributed by atoms with Crippen LogP contribution in [0.1, 0.15) is 46.0 Å². The number of piperidine rings is 1. The van der Waals surface area contributed by atoms with Crippen molar-refractivity contribution in [2.24, 2.45) is 5.92 Å². The van der Waals surface area contributed by atoms with E-state index in [2.05, 4.69) is 34.1 Å². The normalized spacial score (nSPS) is 19.4. The summed E-state index contributed by atoms with van der Waals surface area (Å²) in [6.07, 6.45) is 7.94. The zero-order valence-corrected chi connectivity index (χ0v) is 13.5. The second-order valence-corrected chi connectivity index (χ2v) is 7.04. The van der Waals surface area contributed by atoms with Crippen LogP contribution in [0.3, 0.4) is 0 Å². The van der Waals surface area contributed by atoms with Crippen molar-refractivity contribution in [2.45, 2.75) is 52.0 Å². The third-order valence-corrected chi connectivity index (χ3v) is 5.00. The molecular formula is C15H22N4OS. The molecule has 0 amide bonds. The van der Waals surface area contributed by atoms with Crippen LogP contribution in [0.4, 0.5) is 5.13 Å². The van der Waals surface area contributed by atoms with Crippen LogP contribution in [-0.2, 0) is 0 Å². The molecule has 0 N–H and O–H groups in total. The molecule has 1 aliphatic heterocycles. The van der Waals surface area contributed by atoms with Crippen LogP contribution in [0.25, 0.3) is 10.7 Å². The lowest BCUT2D eigenvalue weighted by molar-refractivity contribution is 0.403. The molecule has 0 saturated carbocycles. The Labute approximate surface area is 129 Å². The fourth-order valence-electron chi connectivity index (χ4n) is 2.84. The van der Waals surface area contributed by atoms with Gasteiger partial charge in [-0.3, -0.25) is 0 Å². The standard InChI is InChI=1S/C15H22N4OS/c1-11(2)6-7-12-5-3-4-9-19(12)15-17-16-14(21-15)13-8-10-20-18-13/h8,10-12H,3-7,9H2,1-2H3. The van der Waals surface area contributed by atoms with Gasteiger partial charge in [-0.15, -0.1) is 10.2 Å². The smallest absolute Gasteiger partial charge is 0.208 e. The van der Waals surface area contributed by atoms with Gasteiger partial charge in [-0.05, 0) is 38.0 Å². The maximum Gasteiger partial charge on any atom is 0.208 e. The fourth-order valence-corrected chi connectivity index (χ4v) is 3.74. The third-order valence-electron chi connectivity index (χ3n) is 4.02. The first kappa shape index (κ1) is 14.5. The van der Waals surface area contributed by atoms with E-state index in [1.807, 2.05) is 6.07 Å². The number of hydrogen-bond acceptors (Lipinski definition) is 6. The van der Waals surface area contributed by atoms with Gasteiger partial charge in [-0.1, -0.05) is 30.3 Å². The van der Waals surface area contributed by atoms with Crippen molar-refractivity contribution >= 4 is 16.5 Å². The van der Waals surface area contributed by atoms with Crippen LogP contribution in [0.2, 0.25) is 0 Å². The molecule has 0 aliphatic carbocycles. The van der Waals surface area contributed by atoms with E-state index in [-0.39, 0.29) is 0 Å². The second-order valence-electron chi connectivity index (χ2n) is 6.09. The molecule has 1 atom stereocenters. The summed E-state index contributed by atoms with van der Waals surface area (Å²) in [4.78, 5) is 2.45. The fraction of sp³-hybridized carbons (Fsp3) is 0.667. The molecule has 6 heteroatoms. The lowest BCUT2D eigenvalue weighted by Gasteiger charge is -2.35. The van der Waals surface area contributed by atoms with Gasteiger partial charge in [0.1, 0.15) is 12.0 Å². The van der Waals surface area contributed by atoms with Crippen molar-refractivity contribution in [3.05, 3.63) is 12.3 Å². The van der Waals surface area contributed by atoms with Gasteiger partial charge >= 0.3 is 0 Å². The van der Waals surface area contributed by atoms with E-state index in [0.29, 0.717) is 6.04 Å². The van der Waals surface area contributed by atoms with Crippen molar-refractivity contribution in [3.63, 3.8) is 0 Å². The molecule has 5 nitrogen and oxygen atoms in total. The highest BCUT2D eigenvalue weighted by atomic mass is 32.1. The van der Waals surface area contributed by atoms with E-state index in [9.17, 15) is 0 Å². The molecule has 2 aromatic heterocycles.